The van der Waals surface area contributed by atoms with E-state index in [-0.39, 0.29) is 29.9 Å². The van der Waals surface area contributed by atoms with Crippen molar-refractivity contribution in [1.82, 2.24) is 5.32 Å². The van der Waals surface area contributed by atoms with Gasteiger partial charge in [0, 0.05) is 25.2 Å². The van der Waals surface area contributed by atoms with Gasteiger partial charge < -0.3 is 15.3 Å². The van der Waals surface area contributed by atoms with Gasteiger partial charge in [-0.05, 0) is 24.3 Å². The maximum Gasteiger partial charge on any atom is 0.227 e. The topological polar surface area (TPSA) is 69.6 Å². The molecular weight excluding hydrogens is 244 g/mol. The number of phenolic OH excluding ortho intramolecular Hbond substituents is 1. The van der Waals surface area contributed by atoms with Crippen LogP contribution in [0.3, 0.4) is 0 Å². The van der Waals surface area contributed by atoms with Crippen LogP contribution in [0.25, 0.3) is 0 Å². The van der Waals surface area contributed by atoms with Gasteiger partial charge in [-0.2, -0.15) is 0 Å². The fraction of sp³-hybridized carbons (Fsp3) is 0.286. The standard InChI is InChI=1S/C14H16N2O3/c1-2-7-15-14(19)10-8-13(18)16(9-10)11-3-5-12(17)6-4-11/h2-6,10,17H,1,7-9H2,(H,15,19). The summed E-state index contributed by atoms with van der Waals surface area (Å²) in [6, 6.07) is 6.37. The van der Waals surface area contributed by atoms with E-state index in [1.165, 1.54) is 12.1 Å². The van der Waals surface area contributed by atoms with Gasteiger partial charge in [-0.3, -0.25) is 9.59 Å². The number of amides is 2. The Morgan fingerprint density at radius 1 is 1.47 bits per heavy atom. The van der Waals surface area contributed by atoms with Crippen molar-refractivity contribution >= 4 is 17.5 Å². The van der Waals surface area contributed by atoms with Crippen LogP contribution in [0.1, 0.15) is 6.42 Å². The number of nitrogens with one attached hydrogen (secondary N) is 1. The summed E-state index contributed by atoms with van der Waals surface area (Å²) in [4.78, 5) is 25.3. The number of carbonyl (C=O) groups is 2. The van der Waals surface area contributed by atoms with E-state index < -0.39 is 0 Å². The summed E-state index contributed by atoms with van der Waals surface area (Å²) in [5.41, 5.74) is 0.696. The normalized spacial score (nSPS) is 18.4. The van der Waals surface area contributed by atoms with Crippen molar-refractivity contribution in [3.63, 3.8) is 0 Å². The van der Waals surface area contributed by atoms with Crippen molar-refractivity contribution in [2.24, 2.45) is 5.92 Å². The Kier molecular flexibility index (Phi) is 3.85. The molecule has 0 spiro atoms. The minimum atomic E-state index is -0.332. The molecule has 2 rings (SSSR count). The summed E-state index contributed by atoms with van der Waals surface area (Å²) in [7, 11) is 0. The second kappa shape index (κ2) is 5.56. The third-order valence-electron chi connectivity index (χ3n) is 3.08. The third kappa shape index (κ3) is 2.93. The summed E-state index contributed by atoms with van der Waals surface area (Å²) < 4.78 is 0. The lowest BCUT2D eigenvalue weighted by Crippen LogP contribution is -2.32. The summed E-state index contributed by atoms with van der Waals surface area (Å²) in [6.45, 7) is 4.30. The molecule has 5 nitrogen and oxygen atoms in total. The Hall–Kier alpha value is -2.30. The van der Waals surface area contributed by atoms with E-state index >= 15 is 0 Å². The first-order chi connectivity index (χ1) is 9.11. The summed E-state index contributed by atoms with van der Waals surface area (Å²) in [5.74, 6) is -0.393. The average Bonchev–Trinajstić information content (AvgIpc) is 2.79. The molecule has 1 fully saturated rings. The van der Waals surface area contributed by atoms with Crippen LogP contribution >= 0.6 is 0 Å². The predicted octanol–water partition coefficient (Wildman–Crippen LogP) is 1.05. The highest BCUT2D eigenvalue weighted by Gasteiger charge is 2.34. The summed E-state index contributed by atoms with van der Waals surface area (Å²) >= 11 is 0. The zero-order chi connectivity index (χ0) is 13.8. The molecule has 1 aromatic rings. The number of hydrogen-bond donors (Lipinski definition) is 2. The lowest BCUT2D eigenvalue weighted by Gasteiger charge is -2.16. The molecule has 2 amide bonds. The van der Waals surface area contributed by atoms with E-state index in [9.17, 15) is 14.7 Å². The number of hydrogen-bond acceptors (Lipinski definition) is 3. The molecule has 19 heavy (non-hydrogen) atoms. The van der Waals surface area contributed by atoms with Gasteiger partial charge in [0.2, 0.25) is 11.8 Å². The molecule has 1 aromatic carbocycles. The predicted molar refractivity (Wildman–Crippen MR) is 71.8 cm³/mol. The van der Waals surface area contributed by atoms with E-state index in [0.29, 0.717) is 18.8 Å². The first kappa shape index (κ1) is 13.1. The van der Waals surface area contributed by atoms with E-state index in [0.717, 1.165) is 0 Å². The van der Waals surface area contributed by atoms with Gasteiger partial charge >= 0.3 is 0 Å². The molecule has 5 heteroatoms. The van der Waals surface area contributed by atoms with Crippen LogP contribution in [0.15, 0.2) is 36.9 Å². The number of nitrogens with zero attached hydrogens (tertiary/aromatic N) is 1. The number of rotatable bonds is 4. The van der Waals surface area contributed by atoms with Crippen LogP contribution in [-0.2, 0) is 9.59 Å². The first-order valence-corrected chi connectivity index (χ1v) is 6.10. The summed E-state index contributed by atoms with van der Waals surface area (Å²) in [6.07, 6.45) is 1.82. The minimum Gasteiger partial charge on any atom is -0.508 e. The number of phenols is 1. The zero-order valence-corrected chi connectivity index (χ0v) is 10.5. The molecule has 1 atom stereocenters. The molecule has 1 aliphatic rings. The van der Waals surface area contributed by atoms with Crippen molar-refractivity contribution in [3.8, 4) is 5.75 Å². The van der Waals surface area contributed by atoms with Crippen LogP contribution in [-0.4, -0.2) is 30.0 Å². The molecule has 0 saturated carbocycles. The maximum atomic E-state index is 11.9. The quantitative estimate of drug-likeness (QED) is 0.795. The molecule has 1 heterocycles. The molecule has 0 radical (unpaired) electrons. The number of anilines is 1. The third-order valence-corrected chi connectivity index (χ3v) is 3.08. The largest absolute Gasteiger partial charge is 0.508 e. The highest BCUT2D eigenvalue weighted by molar-refractivity contribution is 6.00. The molecule has 1 unspecified atom stereocenters. The molecule has 1 aliphatic heterocycles. The zero-order valence-electron chi connectivity index (χ0n) is 10.5. The minimum absolute atomic E-state index is 0.0792. The lowest BCUT2D eigenvalue weighted by atomic mass is 10.1. The van der Waals surface area contributed by atoms with Gasteiger partial charge in [0.1, 0.15) is 5.75 Å². The molecular formula is C14H16N2O3. The maximum absolute atomic E-state index is 11.9. The van der Waals surface area contributed by atoms with Gasteiger partial charge in [0.05, 0.1) is 5.92 Å². The smallest absolute Gasteiger partial charge is 0.227 e. The van der Waals surface area contributed by atoms with Gasteiger partial charge in [0.15, 0.2) is 0 Å². The van der Waals surface area contributed by atoms with Crippen LogP contribution < -0.4 is 10.2 Å². The van der Waals surface area contributed by atoms with Gasteiger partial charge in [0.25, 0.3) is 0 Å². The van der Waals surface area contributed by atoms with E-state index in [4.69, 9.17) is 0 Å². The van der Waals surface area contributed by atoms with Crippen LogP contribution in [0.5, 0.6) is 5.75 Å². The number of carbonyl (C=O) groups excluding carboxylic acids is 2. The monoisotopic (exact) mass is 260 g/mol. The Bertz CT molecular complexity index is 496. The highest BCUT2D eigenvalue weighted by atomic mass is 16.3. The first-order valence-electron chi connectivity index (χ1n) is 6.10. The van der Waals surface area contributed by atoms with Crippen LogP contribution in [0.2, 0.25) is 0 Å². The Labute approximate surface area is 111 Å². The lowest BCUT2D eigenvalue weighted by molar-refractivity contribution is -0.126. The second-order valence-corrected chi connectivity index (χ2v) is 4.46. The molecule has 100 valence electrons. The second-order valence-electron chi connectivity index (χ2n) is 4.46. The van der Waals surface area contributed by atoms with Crippen molar-refractivity contribution in [3.05, 3.63) is 36.9 Å². The van der Waals surface area contributed by atoms with Crippen LogP contribution in [0, 0.1) is 5.92 Å². The molecule has 1 saturated heterocycles. The number of aromatic hydroxyl groups is 1. The highest BCUT2D eigenvalue weighted by Crippen LogP contribution is 2.26. The Morgan fingerprint density at radius 2 is 2.16 bits per heavy atom. The molecule has 0 aromatic heterocycles. The van der Waals surface area contributed by atoms with Crippen molar-refractivity contribution in [1.29, 1.82) is 0 Å². The van der Waals surface area contributed by atoms with Crippen molar-refractivity contribution < 1.29 is 14.7 Å². The molecule has 2 N–H and O–H groups in total. The Balaban J connectivity index is 2.05. The van der Waals surface area contributed by atoms with E-state index in [2.05, 4.69) is 11.9 Å². The molecule has 0 aliphatic carbocycles. The average molecular weight is 260 g/mol. The summed E-state index contributed by atoms with van der Waals surface area (Å²) in [5, 5.41) is 11.9. The van der Waals surface area contributed by atoms with E-state index in [1.54, 1.807) is 23.1 Å². The van der Waals surface area contributed by atoms with Gasteiger partial charge in [-0.15, -0.1) is 6.58 Å². The van der Waals surface area contributed by atoms with Gasteiger partial charge in [-0.25, -0.2) is 0 Å². The van der Waals surface area contributed by atoms with Crippen molar-refractivity contribution in [2.75, 3.05) is 18.0 Å². The Morgan fingerprint density at radius 3 is 2.79 bits per heavy atom. The molecule has 0 bridgehead atoms. The van der Waals surface area contributed by atoms with E-state index in [1.807, 2.05) is 0 Å². The number of benzene rings is 1. The SMILES string of the molecule is C=CCNC(=O)C1CC(=O)N(c2ccc(O)cc2)C1. The fourth-order valence-electron chi connectivity index (χ4n) is 2.08. The van der Waals surface area contributed by atoms with Crippen molar-refractivity contribution in [2.45, 2.75) is 6.42 Å². The van der Waals surface area contributed by atoms with Gasteiger partial charge in [-0.1, -0.05) is 6.08 Å². The fourth-order valence-corrected chi connectivity index (χ4v) is 2.08. The van der Waals surface area contributed by atoms with Crippen LogP contribution in [0.4, 0.5) is 5.69 Å².